The smallest absolute Gasteiger partial charge is 0.377 e. The van der Waals surface area contributed by atoms with Crippen molar-refractivity contribution in [3.63, 3.8) is 0 Å². The summed E-state index contributed by atoms with van der Waals surface area (Å²) in [5.74, 6) is -0.468. The second kappa shape index (κ2) is 4.71. The van der Waals surface area contributed by atoms with Crippen LogP contribution in [0.25, 0.3) is 0 Å². The summed E-state index contributed by atoms with van der Waals surface area (Å²) < 4.78 is 11.1. The highest BCUT2D eigenvalue weighted by Crippen LogP contribution is 1.96. The zero-order chi connectivity index (χ0) is 10.6. The van der Waals surface area contributed by atoms with Gasteiger partial charge in [-0.05, 0) is 6.92 Å². The fourth-order valence-corrected chi connectivity index (χ4v) is 0.905. The molecule has 1 atom stereocenters. The van der Waals surface area contributed by atoms with E-state index in [1.54, 1.807) is 11.8 Å². The lowest BCUT2D eigenvalue weighted by Gasteiger charge is -2.07. The van der Waals surface area contributed by atoms with Gasteiger partial charge in [0.2, 0.25) is 0 Å². The number of carbonyl (C=O) groups is 1. The molecular weight excluding hydrogens is 186 g/mol. The van der Waals surface area contributed by atoms with Gasteiger partial charge in [0.05, 0.1) is 19.8 Å². The van der Waals surface area contributed by atoms with Gasteiger partial charge >= 0.3 is 5.97 Å². The van der Waals surface area contributed by atoms with Crippen molar-refractivity contribution in [1.82, 2.24) is 14.8 Å². The van der Waals surface area contributed by atoms with Crippen molar-refractivity contribution < 1.29 is 14.3 Å². The quantitative estimate of drug-likeness (QED) is 0.643. The van der Waals surface area contributed by atoms with Crippen LogP contribution < -0.4 is 0 Å². The highest BCUT2D eigenvalue weighted by Gasteiger charge is 2.11. The highest BCUT2D eigenvalue weighted by atomic mass is 16.5. The Hall–Kier alpha value is -1.43. The minimum atomic E-state index is -0.534. The van der Waals surface area contributed by atoms with E-state index in [0.29, 0.717) is 6.54 Å². The van der Waals surface area contributed by atoms with Gasteiger partial charge in [-0.3, -0.25) is 0 Å². The summed E-state index contributed by atoms with van der Waals surface area (Å²) in [6.45, 7) is 2.46. The number of rotatable bonds is 4. The summed E-state index contributed by atoms with van der Waals surface area (Å²) in [6, 6.07) is 0. The number of esters is 1. The minimum Gasteiger partial charge on any atom is -0.463 e. The molecule has 0 radical (unpaired) electrons. The molecule has 6 nitrogen and oxygen atoms in total. The third-order valence-corrected chi connectivity index (χ3v) is 1.75. The van der Waals surface area contributed by atoms with Crippen LogP contribution >= 0.6 is 0 Å². The van der Waals surface area contributed by atoms with E-state index >= 15 is 0 Å². The lowest BCUT2D eigenvalue weighted by Crippen LogP contribution is -2.15. The largest absolute Gasteiger partial charge is 0.463 e. The molecule has 1 rings (SSSR count). The zero-order valence-electron chi connectivity index (χ0n) is 8.43. The van der Waals surface area contributed by atoms with E-state index in [9.17, 15) is 4.79 Å². The summed E-state index contributed by atoms with van der Waals surface area (Å²) in [4.78, 5) is 14.8. The van der Waals surface area contributed by atoms with Crippen molar-refractivity contribution in [3.8, 4) is 0 Å². The number of nitrogens with zero attached hydrogens (tertiary/aromatic N) is 3. The third-order valence-electron chi connectivity index (χ3n) is 1.75. The van der Waals surface area contributed by atoms with Crippen LogP contribution in [0.1, 0.15) is 17.5 Å². The maximum atomic E-state index is 11.0. The molecule has 14 heavy (non-hydrogen) atoms. The maximum absolute atomic E-state index is 11.0. The van der Waals surface area contributed by atoms with E-state index in [-0.39, 0.29) is 11.9 Å². The molecule has 0 bridgehead atoms. The number of hydrogen-bond donors (Lipinski definition) is 0. The SMILES string of the molecule is COC(=O)c1ncn(CC(C)OC)n1. The van der Waals surface area contributed by atoms with Crippen molar-refractivity contribution in [2.24, 2.45) is 0 Å². The predicted octanol–water partition coefficient (Wildman–Crippen LogP) is 0.0996. The molecule has 0 spiro atoms. The molecule has 0 aliphatic rings. The van der Waals surface area contributed by atoms with Gasteiger partial charge in [-0.2, -0.15) is 0 Å². The molecule has 0 aliphatic carbocycles. The van der Waals surface area contributed by atoms with E-state index < -0.39 is 5.97 Å². The average molecular weight is 199 g/mol. The van der Waals surface area contributed by atoms with Crippen LogP contribution in [0.15, 0.2) is 6.33 Å². The summed E-state index contributed by atoms with van der Waals surface area (Å²) in [7, 11) is 2.91. The van der Waals surface area contributed by atoms with Gasteiger partial charge in [0.25, 0.3) is 5.82 Å². The molecule has 1 aromatic rings. The maximum Gasteiger partial charge on any atom is 0.377 e. The van der Waals surface area contributed by atoms with Crippen LogP contribution in [-0.2, 0) is 16.0 Å². The Morgan fingerprint density at radius 3 is 2.93 bits per heavy atom. The summed E-state index contributed by atoms with van der Waals surface area (Å²) in [5.41, 5.74) is 0. The minimum absolute atomic E-state index is 0.0298. The predicted molar refractivity (Wildman–Crippen MR) is 47.8 cm³/mol. The first-order valence-electron chi connectivity index (χ1n) is 4.18. The van der Waals surface area contributed by atoms with Gasteiger partial charge in [0.15, 0.2) is 0 Å². The summed E-state index contributed by atoms with van der Waals surface area (Å²) in [5, 5.41) is 3.92. The Kier molecular flexibility index (Phi) is 3.58. The van der Waals surface area contributed by atoms with Crippen LogP contribution in [0.2, 0.25) is 0 Å². The molecule has 6 heteroatoms. The van der Waals surface area contributed by atoms with Crippen molar-refractivity contribution in [2.75, 3.05) is 14.2 Å². The monoisotopic (exact) mass is 199 g/mol. The lowest BCUT2D eigenvalue weighted by molar-refractivity contribution is 0.0584. The Labute approximate surface area is 81.8 Å². The first kappa shape index (κ1) is 10.6. The molecule has 0 aromatic carbocycles. The Bertz CT molecular complexity index is 311. The Balaban J connectivity index is 2.63. The molecule has 0 aliphatic heterocycles. The van der Waals surface area contributed by atoms with E-state index in [1.165, 1.54) is 13.4 Å². The van der Waals surface area contributed by atoms with Crippen molar-refractivity contribution in [3.05, 3.63) is 12.2 Å². The molecule has 78 valence electrons. The molecule has 1 heterocycles. The topological polar surface area (TPSA) is 66.2 Å². The number of methoxy groups -OCH3 is 2. The molecule has 0 amide bonds. The van der Waals surface area contributed by atoms with Crippen molar-refractivity contribution in [1.29, 1.82) is 0 Å². The zero-order valence-corrected chi connectivity index (χ0v) is 8.43. The number of carbonyl (C=O) groups excluding carboxylic acids is 1. The lowest BCUT2D eigenvalue weighted by atomic mass is 10.4. The number of aromatic nitrogens is 3. The standard InChI is InChI=1S/C8H13N3O3/c1-6(13-2)4-11-5-9-7(10-11)8(12)14-3/h5-6H,4H2,1-3H3. The van der Waals surface area contributed by atoms with Crippen molar-refractivity contribution in [2.45, 2.75) is 19.6 Å². The van der Waals surface area contributed by atoms with Crippen LogP contribution in [-0.4, -0.2) is 41.1 Å². The van der Waals surface area contributed by atoms with E-state index in [4.69, 9.17) is 4.74 Å². The van der Waals surface area contributed by atoms with Gasteiger partial charge in [-0.25, -0.2) is 14.5 Å². The summed E-state index contributed by atoms with van der Waals surface area (Å²) in [6.07, 6.45) is 1.50. The molecule has 0 N–H and O–H groups in total. The fraction of sp³-hybridized carbons (Fsp3) is 0.625. The third kappa shape index (κ3) is 2.53. The van der Waals surface area contributed by atoms with Crippen LogP contribution in [0, 0.1) is 0 Å². The fourth-order valence-electron chi connectivity index (χ4n) is 0.905. The second-order valence-corrected chi connectivity index (χ2v) is 2.83. The van der Waals surface area contributed by atoms with E-state index in [0.717, 1.165) is 0 Å². The first-order valence-corrected chi connectivity index (χ1v) is 4.18. The second-order valence-electron chi connectivity index (χ2n) is 2.83. The van der Waals surface area contributed by atoms with Gasteiger partial charge < -0.3 is 9.47 Å². The Morgan fingerprint density at radius 1 is 1.64 bits per heavy atom. The van der Waals surface area contributed by atoms with Gasteiger partial charge in [-0.15, -0.1) is 5.10 Å². The molecule has 0 fully saturated rings. The van der Waals surface area contributed by atoms with Crippen molar-refractivity contribution >= 4 is 5.97 Å². The normalized spacial score (nSPS) is 12.5. The number of hydrogen-bond acceptors (Lipinski definition) is 5. The number of ether oxygens (including phenoxy) is 2. The molecule has 0 saturated heterocycles. The van der Waals surface area contributed by atoms with E-state index in [1.807, 2.05) is 6.92 Å². The molecular formula is C8H13N3O3. The van der Waals surface area contributed by atoms with Gasteiger partial charge in [-0.1, -0.05) is 0 Å². The van der Waals surface area contributed by atoms with Crippen LogP contribution in [0.3, 0.4) is 0 Å². The van der Waals surface area contributed by atoms with E-state index in [2.05, 4.69) is 14.8 Å². The molecule has 1 unspecified atom stereocenters. The molecule has 0 saturated carbocycles. The van der Waals surface area contributed by atoms with Gasteiger partial charge in [0.1, 0.15) is 6.33 Å². The van der Waals surface area contributed by atoms with Crippen LogP contribution in [0.4, 0.5) is 0 Å². The first-order chi connectivity index (χ1) is 6.67. The Morgan fingerprint density at radius 2 is 2.36 bits per heavy atom. The van der Waals surface area contributed by atoms with Gasteiger partial charge in [0, 0.05) is 7.11 Å². The molecule has 1 aromatic heterocycles. The average Bonchev–Trinajstić information content (AvgIpc) is 2.65. The summed E-state index contributed by atoms with van der Waals surface area (Å²) >= 11 is 0. The van der Waals surface area contributed by atoms with Crippen LogP contribution in [0.5, 0.6) is 0 Å². The highest BCUT2D eigenvalue weighted by molar-refractivity contribution is 5.84.